The molecule has 0 amide bonds. The first kappa shape index (κ1) is 30.9. The van der Waals surface area contributed by atoms with Crippen molar-refractivity contribution < 1.29 is 60.0 Å². The molecule has 1 aliphatic heterocycles. The Balaban J connectivity index is 2.03. The van der Waals surface area contributed by atoms with Gasteiger partial charge in [0.15, 0.2) is 17.2 Å². The third-order valence-corrected chi connectivity index (χ3v) is 7.93. The van der Waals surface area contributed by atoms with Gasteiger partial charge >= 0.3 is 18.1 Å². The number of aliphatic carboxylic acids is 1. The van der Waals surface area contributed by atoms with Gasteiger partial charge in [0.2, 0.25) is 5.60 Å². The van der Waals surface area contributed by atoms with Crippen LogP contribution in [0.3, 0.4) is 0 Å². The lowest BCUT2D eigenvalue weighted by atomic mass is 9.97. The summed E-state index contributed by atoms with van der Waals surface area (Å²) in [5, 5.41) is 19.6. The van der Waals surface area contributed by atoms with Crippen LogP contribution >= 0.6 is 0 Å². The fourth-order valence-electron chi connectivity index (χ4n) is 3.81. The van der Waals surface area contributed by atoms with Crippen LogP contribution in [0.5, 0.6) is 11.5 Å². The summed E-state index contributed by atoms with van der Waals surface area (Å²) in [6.07, 6.45) is -7.18. The molecule has 10 nitrogen and oxygen atoms in total. The fourth-order valence-corrected chi connectivity index (χ4v) is 5.32. The summed E-state index contributed by atoms with van der Waals surface area (Å²) in [5.41, 5.74) is -5.11. The standard InChI is InChI=1S/C25H27F4NO9S/c1-23(2,25(27,28)29)39-21(31)10-14-5-8-19-18(9-14)30(13-15(38-19)12-24(3,34)22(32)33)40(35,36)16-6-7-17(26)20(11-16)37-4/h5-9,11,15,34H,10,12-13H2,1-4H3,(H,32,33)/t15-,24+/m0/s1. The van der Waals surface area contributed by atoms with Gasteiger partial charge in [-0.1, -0.05) is 6.07 Å². The van der Waals surface area contributed by atoms with Crippen molar-refractivity contribution in [2.24, 2.45) is 0 Å². The molecular weight excluding hydrogens is 566 g/mol. The van der Waals surface area contributed by atoms with Crippen LogP contribution in [0, 0.1) is 5.82 Å². The number of anilines is 1. The Hall–Kier alpha value is -3.59. The van der Waals surface area contributed by atoms with Gasteiger partial charge in [0.05, 0.1) is 30.7 Å². The highest BCUT2D eigenvalue weighted by molar-refractivity contribution is 7.92. The first-order chi connectivity index (χ1) is 18.3. The summed E-state index contributed by atoms with van der Waals surface area (Å²) < 4.78 is 96.8. The molecule has 0 bridgehead atoms. The maximum absolute atomic E-state index is 14.0. The number of methoxy groups -OCH3 is 1. The Morgan fingerprint density at radius 3 is 2.35 bits per heavy atom. The van der Waals surface area contributed by atoms with Crippen molar-refractivity contribution in [1.82, 2.24) is 0 Å². The third-order valence-electron chi connectivity index (χ3n) is 6.15. The molecule has 2 atom stereocenters. The third kappa shape index (κ3) is 6.41. The number of hydrogen-bond acceptors (Lipinski definition) is 8. The van der Waals surface area contributed by atoms with Crippen molar-refractivity contribution in [3.05, 3.63) is 47.8 Å². The molecule has 0 aliphatic carbocycles. The van der Waals surface area contributed by atoms with Crippen LogP contribution in [0.4, 0.5) is 23.2 Å². The predicted octanol–water partition coefficient (Wildman–Crippen LogP) is 3.44. The van der Waals surface area contributed by atoms with E-state index in [1.165, 1.54) is 18.2 Å². The predicted molar refractivity (Wildman–Crippen MR) is 131 cm³/mol. The number of alkyl halides is 3. The number of hydrogen-bond donors (Lipinski definition) is 2. The van der Waals surface area contributed by atoms with E-state index in [4.69, 9.17) is 9.47 Å². The van der Waals surface area contributed by atoms with Crippen molar-refractivity contribution in [3.63, 3.8) is 0 Å². The van der Waals surface area contributed by atoms with E-state index in [1.54, 1.807) is 0 Å². The Kier molecular flexibility index (Phi) is 8.33. The number of carbonyl (C=O) groups is 2. The Morgan fingerprint density at radius 1 is 1.12 bits per heavy atom. The second-order valence-corrected chi connectivity index (χ2v) is 11.7. The van der Waals surface area contributed by atoms with Crippen LogP contribution in [0.25, 0.3) is 0 Å². The number of esters is 1. The van der Waals surface area contributed by atoms with Gasteiger partial charge in [-0.15, -0.1) is 0 Å². The average Bonchev–Trinajstić information content (AvgIpc) is 2.82. The lowest BCUT2D eigenvalue weighted by molar-refractivity contribution is -0.257. The van der Waals surface area contributed by atoms with Crippen LogP contribution in [0.2, 0.25) is 0 Å². The quantitative estimate of drug-likeness (QED) is 0.331. The molecule has 0 saturated carbocycles. The van der Waals surface area contributed by atoms with Gasteiger partial charge in [0, 0.05) is 12.5 Å². The number of rotatable bonds is 9. The van der Waals surface area contributed by atoms with Gasteiger partial charge in [-0.05, 0) is 50.6 Å². The molecule has 1 heterocycles. The highest BCUT2D eigenvalue weighted by Gasteiger charge is 2.50. The molecule has 0 spiro atoms. The van der Waals surface area contributed by atoms with Crippen molar-refractivity contribution in [1.29, 1.82) is 0 Å². The van der Waals surface area contributed by atoms with E-state index in [1.807, 2.05) is 0 Å². The van der Waals surface area contributed by atoms with Crippen molar-refractivity contribution >= 4 is 27.6 Å². The number of nitrogens with zero attached hydrogens (tertiary/aromatic N) is 1. The Bertz CT molecular complexity index is 1410. The van der Waals surface area contributed by atoms with E-state index in [0.29, 0.717) is 13.8 Å². The zero-order valence-electron chi connectivity index (χ0n) is 21.8. The molecule has 2 aromatic carbocycles. The van der Waals surface area contributed by atoms with E-state index in [9.17, 15) is 45.8 Å². The summed E-state index contributed by atoms with van der Waals surface area (Å²) in [5.74, 6) is -4.09. The number of carboxylic acid groups (broad SMARTS) is 1. The molecule has 0 aromatic heterocycles. The molecule has 2 N–H and O–H groups in total. The average molecular weight is 594 g/mol. The fraction of sp³-hybridized carbons (Fsp3) is 0.440. The van der Waals surface area contributed by atoms with E-state index in [-0.39, 0.29) is 22.7 Å². The number of halogens is 4. The van der Waals surface area contributed by atoms with E-state index >= 15 is 0 Å². The highest BCUT2D eigenvalue weighted by atomic mass is 32.2. The molecule has 0 unspecified atom stereocenters. The molecule has 0 fully saturated rings. The summed E-state index contributed by atoms with van der Waals surface area (Å²) in [6, 6.07) is 6.52. The van der Waals surface area contributed by atoms with Crippen LogP contribution in [-0.2, 0) is 30.8 Å². The number of ether oxygens (including phenoxy) is 3. The molecule has 1 aliphatic rings. The van der Waals surface area contributed by atoms with Crippen molar-refractivity contribution in [3.8, 4) is 11.5 Å². The van der Waals surface area contributed by atoms with Gasteiger partial charge in [-0.3, -0.25) is 9.10 Å². The Morgan fingerprint density at radius 2 is 1.77 bits per heavy atom. The minimum absolute atomic E-state index is 0.0807. The number of sulfonamides is 1. The molecule has 2 aromatic rings. The monoisotopic (exact) mass is 593 g/mol. The summed E-state index contributed by atoms with van der Waals surface area (Å²) >= 11 is 0. The Labute approximate surface area is 227 Å². The lowest BCUT2D eigenvalue weighted by Crippen LogP contribution is -2.48. The van der Waals surface area contributed by atoms with Crippen LogP contribution in [-0.4, -0.2) is 67.7 Å². The molecule has 3 rings (SSSR count). The second-order valence-electron chi connectivity index (χ2n) is 9.82. The molecule has 40 heavy (non-hydrogen) atoms. The zero-order valence-corrected chi connectivity index (χ0v) is 22.6. The normalized spacial score (nSPS) is 17.3. The number of benzene rings is 2. The lowest BCUT2D eigenvalue weighted by Gasteiger charge is -2.37. The van der Waals surface area contributed by atoms with Gasteiger partial charge in [-0.25, -0.2) is 17.6 Å². The number of aliphatic hydroxyl groups is 1. The summed E-state index contributed by atoms with van der Waals surface area (Å²) in [7, 11) is -3.38. The smallest absolute Gasteiger partial charge is 0.427 e. The molecule has 220 valence electrons. The second kappa shape index (κ2) is 10.8. The maximum Gasteiger partial charge on any atom is 0.427 e. The first-order valence-electron chi connectivity index (χ1n) is 11.7. The molecule has 0 radical (unpaired) electrons. The van der Waals surface area contributed by atoms with Crippen molar-refractivity contribution in [2.45, 2.75) is 62.0 Å². The largest absolute Gasteiger partial charge is 0.494 e. The first-order valence-corrected chi connectivity index (χ1v) is 13.1. The van der Waals surface area contributed by atoms with Gasteiger partial charge < -0.3 is 24.4 Å². The topological polar surface area (TPSA) is 140 Å². The van der Waals surface area contributed by atoms with Crippen molar-refractivity contribution in [2.75, 3.05) is 18.0 Å². The minimum Gasteiger partial charge on any atom is -0.494 e. The zero-order chi connectivity index (χ0) is 30.3. The summed E-state index contributed by atoms with van der Waals surface area (Å²) in [6.45, 7) is 1.87. The molecule has 0 saturated heterocycles. The van der Waals surface area contributed by atoms with E-state index in [2.05, 4.69) is 4.74 Å². The minimum atomic E-state index is -4.83. The maximum atomic E-state index is 14.0. The van der Waals surface area contributed by atoms with Gasteiger partial charge in [0.25, 0.3) is 10.0 Å². The van der Waals surface area contributed by atoms with Crippen LogP contribution in [0.1, 0.15) is 32.8 Å². The van der Waals surface area contributed by atoms with Crippen LogP contribution < -0.4 is 13.8 Å². The van der Waals surface area contributed by atoms with E-state index < -0.39 is 75.5 Å². The SMILES string of the molecule is COc1cc(S(=O)(=O)N2C[C@H](C[C@@](C)(O)C(=O)O)Oc3ccc(CC(=O)OC(C)(C)C(F)(F)F)cc32)ccc1F. The molecular formula is C25H27F4NO9S. The van der Waals surface area contributed by atoms with Crippen LogP contribution in [0.15, 0.2) is 41.3 Å². The van der Waals surface area contributed by atoms with Gasteiger partial charge in [0.1, 0.15) is 11.9 Å². The number of carboxylic acids is 1. The number of carbonyl (C=O) groups excluding carboxylic acids is 1. The highest BCUT2D eigenvalue weighted by Crippen LogP contribution is 2.40. The van der Waals surface area contributed by atoms with Gasteiger partial charge in [-0.2, -0.15) is 13.2 Å². The number of fused-ring (bicyclic) bond motifs is 1. The summed E-state index contributed by atoms with van der Waals surface area (Å²) in [4.78, 5) is 23.3. The molecule has 15 heteroatoms. The van der Waals surface area contributed by atoms with E-state index in [0.717, 1.165) is 36.5 Å².